The minimum atomic E-state index is -1.03. The van der Waals surface area contributed by atoms with Gasteiger partial charge in [-0.05, 0) is 12.5 Å². The van der Waals surface area contributed by atoms with Gasteiger partial charge >= 0.3 is 6.03 Å². The minimum Gasteiger partial charge on any atom is -0.395 e. The number of urea groups is 1. The zero-order valence-electron chi connectivity index (χ0n) is 9.51. The molecule has 1 aromatic rings. The third kappa shape index (κ3) is 1.78. The number of rotatable bonds is 3. The maximum Gasteiger partial charge on any atom is 0.325 e. The van der Waals surface area contributed by atoms with E-state index in [4.69, 9.17) is 5.11 Å². The molecular formula is C12H14N2O3. The molecule has 1 unspecified atom stereocenters. The average Bonchev–Trinajstić information content (AvgIpc) is 2.56. The first-order valence-corrected chi connectivity index (χ1v) is 5.40. The van der Waals surface area contributed by atoms with Gasteiger partial charge in [0.25, 0.3) is 5.91 Å². The van der Waals surface area contributed by atoms with Gasteiger partial charge < -0.3 is 10.4 Å². The van der Waals surface area contributed by atoms with Crippen LogP contribution in [0, 0.1) is 0 Å². The Kier molecular flexibility index (Phi) is 2.85. The van der Waals surface area contributed by atoms with Crippen LogP contribution in [0.15, 0.2) is 30.3 Å². The van der Waals surface area contributed by atoms with Crippen LogP contribution in [0.25, 0.3) is 0 Å². The number of nitrogens with zero attached hydrogens (tertiary/aromatic N) is 1. The second kappa shape index (κ2) is 4.18. The highest BCUT2D eigenvalue weighted by Crippen LogP contribution is 2.28. The van der Waals surface area contributed by atoms with Gasteiger partial charge in [-0.25, -0.2) is 4.79 Å². The standard InChI is InChI=1S/C12H14N2O3/c1-12(9-5-3-2-4-6-9)10(16)14(7-8-15)11(17)13-12/h2-6,15H,7-8H2,1H3,(H,13,17). The molecule has 1 atom stereocenters. The van der Waals surface area contributed by atoms with Crippen molar-refractivity contribution < 1.29 is 14.7 Å². The van der Waals surface area contributed by atoms with Crippen LogP contribution in [0.3, 0.4) is 0 Å². The second-order valence-electron chi connectivity index (χ2n) is 4.10. The lowest BCUT2D eigenvalue weighted by Gasteiger charge is -2.21. The Balaban J connectivity index is 2.35. The number of aliphatic hydroxyl groups is 1. The summed E-state index contributed by atoms with van der Waals surface area (Å²) in [6.45, 7) is 1.46. The highest BCUT2D eigenvalue weighted by Gasteiger charge is 2.48. The number of hydrogen-bond acceptors (Lipinski definition) is 3. The molecule has 17 heavy (non-hydrogen) atoms. The monoisotopic (exact) mass is 234 g/mol. The minimum absolute atomic E-state index is 0.0209. The predicted molar refractivity (Wildman–Crippen MR) is 61.1 cm³/mol. The van der Waals surface area contributed by atoms with Crippen molar-refractivity contribution in [1.82, 2.24) is 10.2 Å². The number of amides is 3. The molecule has 1 aliphatic heterocycles. The van der Waals surface area contributed by atoms with E-state index in [1.54, 1.807) is 19.1 Å². The van der Waals surface area contributed by atoms with Gasteiger partial charge in [0.05, 0.1) is 13.2 Å². The molecule has 1 heterocycles. The first kappa shape index (κ1) is 11.6. The van der Waals surface area contributed by atoms with Crippen LogP contribution >= 0.6 is 0 Å². The summed E-state index contributed by atoms with van der Waals surface area (Å²) in [5.74, 6) is -0.331. The van der Waals surface area contributed by atoms with Crippen molar-refractivity contribution >= 4 is 11.9 Å². The van der Waals surface area contributed by atoms with Crippen LogP contribution in [0.5, 0.6) is 0 Å². The van der Waals surface area contributed by atoms with Crippen LogP contribution in [0.4, 0.5) is 4.79 Å². The molecular weight excluding hydrogens is 220 g/mol. The third-order valence-corrected chi connectivity index (χ3v) is 2.95. The number of β-amino-alcohol motifs (C(OH)–C–C–N with tert-alkyl or cyclic N) is 1. The summed E-state index contributed by atoms with van der Waals surface area (Å²) in [6.07, 6.45) is 0. The van der Waals surface area contributed by atoms with Crippen LogP contribution in [0.1, 0.15) is 12.5 Å². The number of benzene rings is 1. The van der Waals surface area contributed by atoms with E-state index >= 15 is 0 Å². The van der Waals surface area contributed by atoms with E-state index in [2.05, 4.69) is 5.32 Å². The highest BCUT2D eigenvalue weighted by molar-refractivity contribution is 6.07. The molecule has 1 fully saturated rings. The lowest BCUT2D eigenvalue weighted by molar-refractivity contribution is -0.131. The summed E-state index contributed by atoms with van der Waals surface area (Å²) in [5, 5.41) is 11.5. The second-order valence-corrected chi connectivity index (χ2v) is 4.10. The number of aliphatic hydroxyl groups excluding tert-OH is 1. The van der Waals surface area contributed by atoms with Crippen LogP contribution < -0.4 is 5.32 Å². The number of carbonyl (C=O) groups excluding carboxylic acids is 2. The van der Waals surface area contributed by atoms with Crippen LogP contribution in [-0.2, 0) is 10.3 Å². The van der Waals surface area contributed by atoms with Gasteiger partial charge in [0, 0.05) is 0 Å². The molecule has 1 aliphatic rings. The van der Waals surface area contributed by atoms with Crippen molar-refractivity contribution in [1.29, 1.82) is 0 Å². The van der Waals surface area contributed by atoms with Gasteiger partial charge in [0.1, 0.15) is 5.54 Å². The summed E-state index contributed by atoms with van der Waals surface area (Å²) >= 11 is 0. The van der Waals surface area contributed by atoms with Crippen molar-refractivity contribution in [2.24, 2.45) is 0 Å². The molecule has 3 amide bonds. The fraction of sp³-hybridized carbons (Fsp3) is 0.333. The fourth-order valence-corrected chi connectivity index (χ4v) is 1.97. The molecule has 0 aliphatic carbocycles. The zero-order valence-corrected chi connectivity index (χ0v) is 9.51. The number of hydrogen-bond donors (Lipinski definition) is 2. The van der Waals surface area contributed by atoms with E-state index in [1.807, 2.05) is 18.2 Å². The Morgan fingerprint density at radius 2 is 1.94 bits per heavy atom. The first-order chi connectivity index (χ1) is 8.09. The molecule has 1 aromatic carbocycles. The topological polar surface area (TPSA) is 69.6 Å². The van der Waals surface area contributed by atoms with E-state index in [-0.39, 0.29) is 19.1 Å². The first-order valence-electron chi connectivity index (χ1n) is 5.40. The molecule has 5 nitrogen and oxygen atoms in total. The third-order valence-electron chi connectivity index (χ3n) is 2.95. The Morgan fingerprint density at radius 3 is 2.53 bits per heavy atom. The smallest absolute Gasteiger partial charge is 0.325 e. The highest BCUT2D eigenvalue weighted by atomic mass is 16.3. The van der Waals surface area contributed by atoms with Crippen molar-refractivity contribution in [3.63, 3.8) is 0 Å². The summed E-state index contributed by atoms with van der Waals surface area (Å²) in [5.41, 5.74) is -0.299. The normalized spacial score (nSPS) is 24.0. The van der Waals surface area contributed by atoms with Gasteiger partial charge in [-0.15, -0.1) is 0 Å². The van der Waals surface area contributed by atoms with Gasteiger partial charge in [-0.3, -0.25) is 9.69 Å². The maximum absolute atomic E-state index is 12.2. The molecule has 0 saturated carbocycles. The van der Waals surface area contributed by atoms with E-state index in [9.17, 15) is 9.59 Å². The summed E-state index contributed by atoms with van der Waals surface area (Å²) in [6, 6.07) is 8.60. The molecule has 2 rings (SSSR count). The molecule has 0 radical (unpaired) electrons. The van der Waals surface area contributed by atoms with E-state index in [0.717, 1.165) is 10.5 Å². The van der Waals surface area contributed by atoms with Crippen molar-refractivity contribution in [2.45, 2.75) is 12.5 Å². The van der Waals surface area contributed by atoms with Gasteiger partial charge in [-0.2, -0.15) is 0 Å². The number of nitrogens with one attached hydrogen (secondary N) is 1. The largest absolute Gasteiger partial charge is 0.395 e. The summed E-state index contributed by atoms with van der Waals surface area (Å²) in [4.78, 5) is 24.8. The van der Waals surface area contributed by atoms with E-state index in [0.29, 0.717) is 0 Å². The predicted octanol–water partition coefficient (Wildman–Crippen LogP) is 0.446. The van der Waals surface area contributed by atoms with Gasteiger partial charge in [-0.1, -0.05) is 30.3 Å². The van der Waals surface area contributed by atoms with Crippen molar-refractivity contribution in [2.75, 3.05) is 13.2 Å². The molecule has 0 bridgehead atoms. The lowest BCUT2D eigenvalue weighted by atomic mass is 9.92. The average molecular weight is 234 g/mol. The van der Waals surface area contributed by atoms with Crippen molar-refractivity contribution in [3.8, 4) is 0 Å². The van der Waals surface area contributed by atoms with Gasteiger partial charge in [0.15, 0.2) is 0 Å². The van der Waals surface area contributed by atoms with E-state index < -0.39 is 11.6 Å². The van der Waals surface area contributed by atoms with Crippen LogP contribution in [0.2, 0.25) is 0 Å². The summed E-state index contributed by atoms with van der Waals surface area (Å²) in [7, 11) is 0. The molecule has 1 saturated heterocycles. The van der Waals surface area contributed by atoms with Crippen molar-refractivity contribution in [3.05, 3.63) is 35.9 Å². The Morgan fingerprint density at radius 1 is 1.29 bits per heavy atom. The quantitative estimate of drug-likeness (QED) is 0.746. The SMILES string of the molecule is CC1(c2ccccc2)NC(=O)N(CCO)C1=O. The van der Waals surface area contributed by atoms with E-state index in [1.165, 1.54) is 0 Å². The Labute approximate surface area is 99.0 Å². The fourth-order valence-electron chi connectivity index (χ4n) is 1.97. The Bertz CT molecular complexity index is 446. The maximum atomic E-state index is 12.2. The molecule has 0 aromatic heterocycles. The van der Waals surface area contributed by atoms with Gasteiger partial charge in [0.2, 0.25) is 0 Å². The molecule has 2 N–H and O–H groups in total. The number of imide groups is 1. The summed E-state index contributed by atoms with van der Waals surface area (Å²) < 4.78 is 0. The molecule has 90 valence electrons. The molecule has 5 heteroatoms. The molecule has 0 spiro atoms. The number of carbonyl (C=O) groups is 2. The Hall–Kier alpha value is -1.88. The lowest BCUT2D eigenvalue weighted by Crippen LogP contribution is -2.41. The zero-order chi connectivity index (χ0) is 12.5. The van der Waals surface area contributed by atoms with Crippen LogP contribution in [-0.4, -0.2) is 35.1 Å².